The van der Waals surface area contributed by atoms with Gasteiger partial charge < -0.3 is 5.32 Å². The third kappa shape index (κ3) is 3.98. The molecule has 0 unspecified atom stereocenters. The number of rotatable bonds is 4. The molecule has 0 bridgehead atoms. The Morgan fingerprint density at radius 1 is 1.00 bits per heavy atom. The molecule has 1 saturated heterocycles. The van der Waals surface area contributed by atoms with Crippen molar-refractivity contribution >= 4 is 44.8 Å². The quantitative estimate of drug-likeness (QED) is 0.844. The van der Waals surface area contributed by atoms with Crippen molar-refractivity contribution in [1.29, 1.82) is 0 Å². The SMILES string of the molecule is O=C(Nc1cccc(S(=O)(=O)N2CCCC2)c1)c1ccc(Cl)c(Cl)c1. The zero-order chi connectivity index (χ0) is 18.0. The van der Waals surface area contributed by atoms with Crippen LogP contribution in [0.5, 0.6) is 0 Å². The fraction of sp³-hybridized carbons (Fsp3) is 0.235. The number of nitrogens with one attached hydrogen (secondary N) is 1. The van der Waals surface area contributed by atoms with Crippen molar-refractivity contribution in [3.63, 3.8) is 0 Å². The summed E-state index contributed by atoms with van der Waals surface area (Å²) in [6.07, 6.45) is 1.74. The van der Waals surface area contributed by atoms with E-state index in [0.29, 0.717) is 29.4 Å². The maximum atomic E-state index is 12.6. The third-order valence-electron chi connectivity index (χ3n) is 3.98. The normalized spacial score (nSPS) is 15.3. The van der Waals surface area contributed by atoms with E-state index >= 15 is 0 Å². The molecule has 1 heterocycles. The van der Waals surface area contributed by atoms with E-state index in [0.717, 1.165) is 12.8 Å². The first-order valence-corrected chi connectivity index (χ1v) is 9.94. The summed E-state index contributed by atoms with van der Waals surface area (Å²) >= 11 is 11.8. The van der Waals surface area contributed by atoms with Gasteiger partial charge in [-0.2, -0.15) is 4.31 Å². The molecule has 2 aromatic carbocycles. The molecule has 132 valence electrons. The van der Waals surface area contributed by atoms with Gasteiger partial charge in [0.1, 0.15) is 0 Å². The third-order valence-corrected chi connectivity index (χ3v) is 6.61. The van der Waals surface area contributed by atoms with Crippen LogP contribution in [0.25, 0.3) is 0 Å². The second-order valence-corrected chi connectivity index (χ2v) is 8.47. The van der Waals surface area contributed by atoms with Crippen molar-refractivity contribution in [2.75, 3.05) is 18.4 Å². The fourth-order valence-electron chi connectivity index (χ4n) is 2.65. The van der Waals surface area contributed by atoms with Gasteiger partial charge in [0.15, 0.2) is 0 Å². The molecule has 0 radical (unpaired) electrons. The zero-order valence-corrected chi connectivity index (χ0v) is 15.5. The molecule has 1 fully saturated rings. The van der Waals surface area contributed by atoms with Crippen LogP contribution in [0.2, 0.25) is 10.0 Å². The highest BCUT2D eigenvalue weighted by atomic mass is 35.5. The molecule has 2 aromatic rings. The van der Waals surface area contributed by atoms with Crippen LogP contribution in [-0.4, -0.2) is 31.7 Å². The number of hydrogen-bond donors (Lipinski definition) is 1. The number of nitrogens with zero attached hydrogens (tertiary/aromatic N) is 1. The van der Waals surface area contributed by atoms with E-state index in [2.05, 4.69) is 5.32 Å². The standard InChI is InChI=1S/C17H16Cl2N2O3S/c18-15-7-6-12(10-16(15)19)17(22)20-13-4-3-5-14(11-13)25(23,24)21-8-1-2-9-21/h3-7,10-11H,1-2,8-9H2,(H,20,22). The summed E-state index contributed by atoms with van der Waals surface area (Å²) in [6.45, 7) is 1.06. The van der Waals surface area contributed by atoms with Crippen LogP contribution in [0.15, 0.2) is 47.4 Å². The number of halogens is 2. The molecule has 1 aliphatic heterocycles. The van der Waals surface area contributed by atoms with E-state index in [4.69, 9.17) is 23.2 Å². The lowest BCUT2D eigenvalue weighted by Crippen LogP contribution is -2.27. The lowest BCUT2D eigenvalue weighted by molar-refractivity contribution is 0.102. The first-order valence-electron chi connectivity index (χ1n) is 7.74. The molecule has 0 spiro atoms. The number of hydrogen-bond acceptors (Lipinski definition) is 3. The van der Waals surface area contributed by atoms with Gasteiger partial charge in [0, 0.05) is 24.3 Å². The minimum atomic E-state index is -3.53. The van der Waals surface area contributed by atoms with Gasteiger partial charge in [0.25, 0.3) is 5.91 Å². The van der Waals surface area contributed by atoms with Crippen molar-refractivity contribution in [2.24, 2.45) is 0 Å². The van der Waals surface area contributed by atoms with Crippen LogP contribution >= 0.6 is 23.2 Å². The van der Waals surface area contributed by atoms with Crippen molar-refractivity contribution in [2.45, 2.75) is 17.7 Å². The summed E-state index contributed by atoms with van der Waals surface area (Å²) in [7, 11) is -3.53. The highest BCUT2D eigenvalue weighted by Crippen LogP contribution is 2.25. The van der Waals surface area contributed by atoms with Crippen molar-refractivity contribution in [3.05, 3.63) is 58.1 Å². The summed E-state index contributed by atoms with van der Waals surface area (Å²) in [5.74, 6) is -0.394. The average Bonchev–Trinajstić information content (AvgIpc) is 3.13. The Kier molecular flexibility index (Phi) is 5.34. The predicted molar refractivity (Wildman–Crippen MR) is 98.9 cm³/mol. The first kappa shape index (κ1) is 18.2. The van der Waals surface area contributed by atoms with Gasteiger partial charge in [0.05, 0.1) is 14.9 Å². The highest BCUT2D eigenvalue weighted by Gasteiger charge is 2.27. The number of carbonyl (C=O) groups excluding carboxylic acids is 1. The molecule has 5 nitrogen and oxygen atoms in total. The van der Waals surface area contributed by atoms with Gasteiger partial charge in [-0.25, -0.2) is 8.42 Å². The second kappa shape index (κ2) is 7.33. The van der Waals surface area contributed by atoms with Crippen molar-refractivity contribution in [3.8, 4) is 0 Å². The maximum absolute atomic E-state index is 12.6. The predicted octanol–water partition coefficient (Wildman–Crippen LogP) is 4.03. The summed E-state index contributed by atoms with van der Waals surface area (Å²) < 4.78 is 26.7. The molecular formula is C17H16Cl2N2O3S. The summed E-state index contributed by atoms with van der Waals surface area (Å²) in [4.78, 5) is 12.5. The minimum absolute atomic E-state index is 0.168. The van der Waals surface area contributed by atoms with E-state index in [1.165, 1.54) is 28.6 Å². The fourth-order valence-corrected chi connectivity index (χ4v) is 4.51. The van der Waals surface area contributed by atoms with Gasteiger partial charge in [-0.05, 0) is 49.2 Å². The molecular weight excluding hydrogens is 383 g/mol. The lowest BCUT2D eigenvalue weighted by Gasteiger charge is -2.16. The monoisotopic (exact) mass is 398 g/mol. The van der Waals surface area contributed by atoms with E-state index in [1.54, 1.807) is 18.2 Å². The number of sulfonamides is 1. The van der Waals surface area contributed by atoms with Crippen molar-refractivity contribution < 1.29 is 13.2 Å². The van der Waals surface area contributed by atoms with Gasteiger partial charge in [0.2, 0.25) is 10.0 Å². The molecule has 1 N–H and O–H groups in total. The molecule has 0 atom stereocenters. The van der Waals surface area contributed by atoms with Gasteiger partial charge >= 0.3 is 0 Å². The van der Waals surface area contributed by atoms with Crippen LogP contribution in [0, 0.1) is 0 Å². The molecule has 3 rings (SSSR count). The maximum Gasteiger partial charge on any atom is 0.255 e. The Morgan fingerprint density at radius 2 is 1.72 bits per heavy atom. The average molecular weight is 399 g/mol. The number of benzene rings is 2. The van der Waals surface area contributed by atoms with Crippen molar-refractivity contribution in [1.82, 2.24) is 4.31 Å². The molecule has 0 aliphatic carbocycles. The molecule has 1 amide bonds. The Hall–Kier alpha value is -1.60. The van der Waals surface area contributed by atoms with Crippen LogP contribution in [-0.2, 0) is 10.0 Å². The Bertz CT molecular complexity index is 910. The van der Waals surface area contributed by atoms with E-state index in [-0.39, 0.29) is 9.92 Å². The van der Waals surface area contributed by atoms with Gasteiger partial charge in [-0.15, -0.1) is 0 Å². The number of carbonyl (C=O) groups is 1. The van der Waals surface area contributed by atoms with E-state index in [9.17, 15) is 13.2 Å². The molecule has 1 aliphatic rings. The van der Waals surface area contributed by atoms with Gasteiger partial charge in [-0.3, -0.25) is 4.79 Å². The highest BCUT2D eigenvalue weighted by molar-refractivity contribution is 7.89. The second-order valence-electron chi connectivity index (χ2n) is 5.72. The summed E-state index contributed by atoms with van der Waals surface area (Å²) in [5.41, 5.74) is 0.735. The Morgan fingerprint density at radius 3 is 2.40 bits per heavy atom. The van der Waals surface area contributed by atoms with E-state index in [1.807, 2.05) is 0 Å². The molecule has 8 heteroatoms. The number of amides is 1. The first-order chi connectivity index (χ1) is 11.9. The Labute approximate surface area is 156 Å². The van der Waals surface area contributed by atoms with E-state index < -0.39 is 15.9 Å². The Balaban J connectivity index is 1.82. The van der Waals surface area contributed by atoms with Gasteiger partial charge in [-0.1, -0.05) is 29.3 Å². The number of anilines is 1. The molecule has 25 heavy (non-hydrogen) atoms. The smallest absolute Gasteiger partial charge is 0.255 e. The molecule has 0 saturated carbocycles. The summed E-state index contributed by atoms with van der Waals surface area (Å²) in [5, 5.41) is 3.32. The zero-order valence-electron chi connectivity index (χ0n) is 13.2. The minimum Gasteiger partial charge on any atom is -0.322 e. The summed E-state index contributed by atoms with van der Waals surface area (Å²) in [6, 6.07) is 10.8. The lowest BCUT2D eigenvalue weighted by atomic mass is 10.2. The molecule has 0 aromatic heterocycles. The van der Waals surface area contributed by atoms with Crippen LogP contribution < -0.4 is 5.32 Å². The largest absolute Gasteiger partial charge is 0.322 e. The van der Waals surface area contributed by atoms with Crippen LogP contribution in [0.1, 0.15) is 23.2 Å². The van der Waals surface area contributed by atoms with Crippen LogP contribution in [0.4, 0.5) is 5.69 Å². The van der Waals surface area contributed by atoms with Crippen LogP contribution in [0.3, 0.4) is 0 Å². The topological polar surface area (TPSA) is 66.5 Å².